The average molecular weight is 284 g/mol. The van der Waals surface area contributed by atoms with Crippen LogP contribution in [0.3, 0.4) is 0 Å². The number of carboxylic acids is 1. The minimum atomic E-state index is -2.05. The molecular weight excluding hydrogens is 272 g/mol. The van der Waals surface area contributed by atoms with Gasteiger partial charge in [-0.3, -0.25) is 4.79 Å². The monoisotopic (exact) mass is 284 g/mol. The van der Waals surface area contributed by atoms with E-state index in [9.17, 15) is 24.8 Å². The van der Waals surface area contributed by atoms with E-state index in [4.69, 9.17) is 10.2 Å². The van der Waals surface area contributed by atoms with Gasteiger partial charge in [-0.2, -0.15) is 0 Å². The Hall–Kier alpha value is -2.52. The second kappa shape index (κ2) is 6.08. The van der Waals surface area contributed by atoms with Crippen molar-refractivity contribution < 1.29 is 29.9 Å². The van der Waals surface area contributed by atoms with Gasteiger partial charge in [-0.25, -0.2) is 14.9 Å². The molecule has 1 amide bonds. The normalized spacial score (nSPS) is 13.3. The molecule has 108 valence electrons. The lowest BCUT2D eigenvalue weighted by molar-refractivity contribution is -0.653. The van der Waals surface area contributed by atoms with Gasteiger partial charge in [0, 0.05) is 5.56 Å². The van der Waals surface area contributed by atoms with Gasteiger partial charge >= 0.3 is 11.9 Å². The number of hydrogen-bond donors (Lipinski definition) is 3. The number of nitro groups is 1. The molecule has 0 radical (unpaired) electrons. The van der Waals surface area contributed by atoms with Crippen molar-refractivity contribution in [2.75, 3.05) is 0 Å². The lowest BCUT2D eigenvalue weighted by atomic mass is 10.1. The molecule has 9 nitrogen and oxygen atoms in total. The smallest absolute Gasteiger partial charge is 0.335 e. The van der Waals surface area contributed by atoms with Gasteiger partial charge < -0.3 is 15.3 Å². The molecular formula is C11H12N2O7. The highest BCUT2D eigenvalue weighted by molar-refractivity contribution is 5.97. The van der Waals surface area contributed by atoms with E-state index in [1.807, 2.05) is 0 Å². The largest absolute Gasteiger partial charge is 0.478 e. The molecule has 0 heterocycles. The van der Waals surface area contributed by atoms with Gasteiger partial charge in [0.1, 0.15) is 6.10 Å². The second-order valence-corrected chi connectivity index (χ2v) is 3.93. The van der Waals surface area contributed by atoms with Crippen LogP contribution in [0.4, 0.5) is 0 Å². The van der Waals surface area contributed by atoms with E-state index in [-0.39, 0.29) is 16.1 Å². The van der Waals surface area contributed by atoms with Gasteiger partial charge in [0.15, 0.2) is 5.03 Å². The molecule has 0 fully saturated rings. The summed E-state index contributed by atoms with van der Waals surface area (Å²) in [7, 11) is 0. The summed E-state index contributed by atoms with van der Waals surface area (Å²) in [5.41, 5.74) is -0.521. The molecule has 3 N–H and O–H groups in total. The zero-order chi connectivity index (χ0) is 15.4. The third kappa shape index (κ3) is 3.28. The highest BCUT2D eigenvalue weighted by Crippen LogP contribution is 2.12. The number of hydrazine groups is 1. The molecule has 9 heteroatoms. The summed E-state index contributed by atoms with van der Waals surface area (Å²) in [5.74, 6) is -2.53. The van der Waals surface area contributed by atoms with Crippen LogP contribution in [0.15, 0.2) is 24.3 Å². The average Bonchev–Trinajstić information content (AvgIpc) is 2.38. The first-order chi connectivity index (χ1) is 9.25. The lowest BCUT2D eigenvalue weighted by Gasteiger charge is -2.20. The summed E-state index contributed by atoms with van der Waals surface area (Å²) >= 11 is 0. The Kier molecular flexibility index (Phi) is 4.73. The number of amides is 1. The summed E-state index contributed by atoms with van der Waals surface area (Å²) in [6.45, 7) is 1.07. The standard InChI is InChI=1S/C11H12N2O7/c1-6(14)9(15)12(13(19)20)10(16)7-3-2-4-8(5-7)11(17)18/h2-6,9,14-15H,1H3,(H,17,18). The van der Waals surface area contributed by atoms with Crippen molar-refractivity contribution in [3.8, 4) is 0 Å². The van der Waals surface area contributed by atoms with Gasteiger partial charge in [0.25, 0.3) is 0 Å². The molecule has 0 saturated carbocycles. The molecule has 2 atom stereocenters. The zero-order valence-corrected chi connectivity index (χ0v) is 10.3. The predicted octanol–water partition coefficient (Wildman–Crippen LogP) is -0.282. The van der Waals surface area contributed by atoms with E-state index in [0.29, 0.717) is 0 Å². The Morgan fingerprint density at radius 1 is 1.30 bits per heavy atom. The number of carbonyl (C=O) groups excluding carboxylic acids is 1. The quantitative estimate of drug-likeness (QED) is 0.383. The topological polar surface area (TPSA) is 141 Å². The number of nitrogens with zero attached hydrogens (tertiary/aromatic N) is 2. The van der Waals surface area contributed by atoms with Crippen molar-refractivity contribution in [2.45, 2.75) is 19.3 Å². The first kappa shape index (κ1) is 15.5. The van der Waals surface area contributed by atoms with Crippen molar-refractivity contribution in [3.63, 3.8) is 0 Å². The van der Waals surface area contributed by atoms with Gasteiger partial charge in [-0.15, -0.1) is 0 Å². The number of benzene rings is 1. The third-order valence-electron chi connectivity index (χ3n) is 2.42. The van der Waals surface area contributed by atoms with Gasteiger partial charge in [-0.05, 0) is 30.1 Å². The summed E-state index contributed by atoms with van der Waals surface area (Å²) in [5, 5.41) is 36.9. The van der Waals surface area contributed by atoms with Crippen molar-refractivity contribution >= 4 is 11.9 Å². The van der Waals surface area contributed by atoms with E-state index in [0.717, 1.165) is 13.0 Å². The van der Waals surface area contributed by atoms with Gasteiger partial charge in [0.05, 0.1) is 5.56 Å². The highest BCUT2D eigenvalue weighted by atomic mass is 16.7. The van der Waals surface area contributed by atoms with Crippen LogP contribution in [-0.4, -0.2) is 49.6 Å². The molecule has 1 aromatic rings. The van der Waals surface area contributed by atoms with E-state index in [2.05, 4.69) is 0 Å². The molecule has 0 spiro atoms. The predicted molar refractivity (Wildman–Crippen MR) is 64.3 cm³/mol. The molecule has 0 saturated heterocycles. The Morgan fingerprint density at radius 2 is 1.85 bits per heavy atom. The van der Waals surface area contributed by atoms with Crippen LogP contribution in [0.2, 0.25) is 0 Å². The van der Waals surface area contributed by atoms with Crippen LogP contribution in [0.5, 0.6) is 0 Å². The highest BCUT2D eigenvalue weighted by Gasteiger charge is 2.36. The Balaban J connectivity index is 3.16. The van der Waals surface area contributed by atoms with Crippen LogP contribution in [0, 0.1) is 10.1 Å². The fourth-order valence-electron chi connectivity index (χ4n) is 1.41. The second-order valence-electron chi connectivity index (χ2n) is 3.93. The van der Waals surface area contributed by atoms with E-state index in [1.54, 1.807) is 0 Å². The number of aliphatic hydroxyl groups excluding tert-OH is 2. The fraction of sp³-hybridized carbons (Fsp3) is 0.273. The third-order valence-corrected chi connectivity index (χ3v) is 2.42. The van der Waals surface area contributed by atoms with Crippen LogP contribution in [0.25, 0.3) is 0 Å². The maximum Gasteiger partial charge on any atom is 0.335 e. The fourth-order valence-corrected chi connectivity index (χ4v) is 1.41. The first-order valence-electron chi connectivity index (χ1n) is 5.43. The Labute approximate surface area is 112 Å². The van der Waals surface area contributed by atoms with E-state index in [1.165, 1.54) is 18.2 Å². The van der Waals surface area contributed by atoms with Gasteiger partial charge in [-0.1, -0.05) is 6.07 Å². The zero-order valence-electron chi connectivity index (χ0n) is 10.3. The van der Waals surface area contributed by atoms with Crippen molar-refractivity contribution in [1.29, 1.82) is 0 Å². The van der Waals surface area contributed by atoms with Crippen molar-refractivity contribution in [2.24, 2.45) is 0 Å². The minimum absolute atomic E-state index is 0.161. The summed E-state index contributed by atoms with van der Waals surface area (Å²) in [4.78, 5) is 33.5. The molecule has 0 aliphatic rings. The lowest BCUT2D eigenvalue weighted by Crippen LogP contribution is -2.49. The van der Waals surface area contributed by atoms with Gasteiger partial charge in [0.2, 0.25) is 6.23 Å². The number of carboxylic acid groups (broad SMARTS) is 1. The SMILES string of the molecule is CC(O)C(O)N(C(=O)c1cccc(C(=O)O)c1)[N+](=O)[O-]. The van der Waals surface area contributed by atoms with Crippen molar-refractivity contribution in [1.82, 2.24) is 5.01 Å². The maximum atomic E-state index is 11.9. The first-order valence-corrected chi connectivity index (χ1v) is 5.43. The molecule has 1 aromatic carbocycles. The van der Waals surface area contributed by atoms with Crippen LogP contribution in [-0.2, 0) is 0 Å². The molecule has 0 aromatic heterocycles. The number of hydrogen-bond acceptors (Lipinski definition) is 6. The summed E-state index contributed by atoms with van der Waals surface area (Å²) < 4.78 is 0. The summed E-state index contributed by atoms with van der Waals surface area (Å²) in [6.07, 6.45) is -3.60. The molecule has 0 bridgehead atoms. The molecule has 20 heavy (non-hydrogen) atoms. The van der Waals surface area contributed by atoms with E-state index < -0.39 is 29.2 Å². The number of aliphatic hydroxyl groups is 2. The minimum Gasteiger partial charge on any atom is -0.478 e. The van der Waals surface area contributed by atoms with Crippen molar-refractivity contribution in [3.05, 3.63) is 45.5 Å². The Bertz CT molecular complexity index is 543. The molecule has 0 aliphatic carbocycles. The van der Waals surface area contributed by atoms with Crippen LogP contribution in [0.1, 0.15) is 27.6 Å². The number of aromatic carboxylic acids is 1. The van der Waals surface area contributed by atoms with Crippen LogP contribution >= 0.6 is 0 Å². The molecule has 0 aliphatic heterocycles. The van der Waals surface area contributed by atoms with E-state index >= 15 is 0 Å². The summed E-state index contributed by atoms with van der Waals surface area (Å²) in [6, 6.07) is 4.56. The Morgan fingerprint density at radius 3 is 2.30 bits per heavy atom. The maximum absolute atomic E-state index is 11.9. The molecule has 1 rings (SSSR count). The number of carbonyl (C=O) groups is 2. The van der Waals surface area contributed by atoms with Crippen LogP contribution < -0.4 is 0 Å². The number of rotatable bonds is 5. The molecule has 2 unspecified atom stereocenters.